The van der Waals surface area contributed by atoms with Crippen LogP contribution < -0.4 is 4.90 Å². The number of halogens is 2. The van der Waals surface area contributed by atoms with Crippen LogP contribution >= 0.6 is 23.2 Å². The highest BCUT2D eigenvalue weighted by Crippen LogP contribution is 2.46. The number of methoxy groups -OCH3 is 1. The predicted octanol–water partition coefficient (Wildman–Crippen LogP) is 6.55. The summed E-state index contributed by atoms with van der Waals surface area (Å²) in [7, 11) is 1.35. The molecule has 4 aromatic rings. The van der Waals surface area contributed by atoms with Crippen molar-refractivity contribution in [3.8, 4) is 22.7 Å². The number of nitrogens with zero attached hydrogens (tertiary/aromatic N) is 4. The first-order chi connectivity index (χ1) is 19.0. The minimum absolute atomic E-state index is 0.0648. The fourth-order valence-electron chi connectivity index (χ4n) is 4.80. The molecule has 0 amide bonds. The molecule has 6 rings (SSSR count). The number of hydrogen-bond acceptors (Lipinski definition) is 9. The number of aromatic nitrogens is 3. The van der Waals surface area contributed by atoms with Crippen molar-refractivity contribution in [2.24, 2.45) is 0 Å². The zero-order chi connectivity index (χ0) is 26.9. The van der Waals surface area contributed by atoms with Gasteiger partial charge in [0.1, 0.15) is 11.5 Å². The second kappa shape index (κ2) is 11.0. The summed E-state index contributed by atoms with van der Waals surface area (Å²) in [6.45, 7) is 1.84. The molecular weight excluding hydrogens is 543 g/mol. The average molecular weight is 569 g/mol. The van der Waals surface area contributed by atoms with Gasteiger partial charge in [-0.05, 0) is 67.2 Å². The predicted molar refractivity (Wildman–Crippen MR) is 145 cm³/mol. The number of carbonyl (C=O) groups excluding carboxylic acids is 1. The molecule has 0 radical (unpaired) electrons. The van der Waals surface area contributed by atoms with E-state index in [1.165, 1.54) is 7.11 Å². The Morgan fingerprint density at radius 2 is 1.72 bits per heavy atom. The van der Waals surface area contributed by atoms with Gasteiger partial charge in [0, 0.05) is 35.7 Å². The van der Waals surface area contributed by atoms with Crippen LogP contribution in [0.1, 0.15) is 53.3 Å². The lowest BCUT2D eigenvalue weighted by atomic mass is 10.0. The molecule has 2 fully saturated rings. The van der Waals surface area contributed by atoms with Crippen LogP contribution in [0.4, 0.5) is 5.95 Å². The number of ether oxygens (including phenoxy) is 2. The van der Waals surface area contributed by atoms with Gasteiger partial charge in [0.2, 0.25) is 0 Å². The largest absolute Gasteiger partial charge is 0.465 e. The molecule has 11 heteroatoms. The highest BCUT2D eigenvalue weighted by atomic mass is 35.5. The topological polar surface area (TPSA) is 104 Å². The molecule has 0 atom stereocenters. The summed E-state index contributed by atoms with van der Waals surface area (Å²) >= 11 is 13.0. The second-order valence-corrected chi connectivity index (χ2v) is 10.5. The van der Waals surface area contributed by atoms with Gasteiger partial charge >= 0.3 is 5.97 Å². The quantitative estimate of drug-likeness (QED) is 0.219. The maximum Gasteiger partial charge on any atom is 0.337 e. The summed E-state index contributed by atoms with van der Waals surface area (Å²) in [5.41, 5.74) is 3.45. The van der Waals surface area contributed by atoms with E-state index in [-0.39, 0.29) is 6.10 Å². The summed E-state index contributed by atoms with van der Waals surface area (Å²) < 4.78 is 22.3. The van der Waals surface area contributed by atoms with Crippen molar-refractivity contribution in [1.29, 1.82) is 0 Å². The Bertz CT molecular complexity index is 1450. The van der Waals surface area contributed by atoms with Crippen molar-refractivity contribution < 1.29 is 23.3 Å². The zero-order valence-corrected chi connectivity index (χ0v) is 22.7. The lowest BCUT2D eigenvalue weighted by Gasteiger charge is -2.30. The number of anilines is 1. The molecular formula is C28H26Cl2N4O5. The molecule has 0 spiro atoms. The van der Waals surface area contributed by atoms with E-state index in [1.54, 1.807) is 36.4 Å². The standard InChI is InChI=1S/C28H26Cl2N4O5/c1-36-27(35)18-9-7-17(8-10-18)26-31-28(33-39-26)34-13-11-19(12-14-34)37-15-20-24(32-38-25(20)16-5-6-16)23-21(29)3-2-4-22(23)30/h2-4,7-10,16,19H,5-6,11-15H2,1H3. The van der Waals surface area contributed by atoms with Crippen LogP contribution in [0, 0.1) is 0 Å². The number of rotatable bonds is 8. The Kier molecular flexibility index (Phi) is 7.29. The number of piperidine rings is 1. The van der Waals surface area contributed by atoms with E-state index >= 15 is 0 Å². The van der Waals surface area contributed by atoms with E-state index in [1.807, 2.05) is 6.07 Å². The third kappa shape index (κ3) is 5.39. The monoisotopic (exact) mass is 568 g/mol. The third-order valence-electron chi connectivity index (χ3n) is 7.12. The molecule has 1 aliphatic carbocycles. The van der Waals surface area contributed by atoms with Gasteiger partial charge in [-0.1, -0.05) is 34.4 Å². The molecule has 0 N–H and O–H groups in total. The Balaban J connectivity index is 1.09. The van der Waals surface area contributed by atoms with Crippen molar-refractivity contribution in [2.75, 3.05) is 25.1 Å². The minimum atomic E-state index is -0.394. The molecule has 2 aromatic heterocycles. The maximum absolute atomic E-state index is 11.7. The SMILES string of the molecule is COC(=O)c1ccc(-c2nc(N3CCC(OCc4c(-c5c(Cl)cccc5Cl)noc4C4CC4)CC3)no2)cc1. The summed E-state index contributed by atoms with van der Waals surface area (Å²) in [5.74, 6) is 1.78. The van der Waals surface area contributed by atoms with Crippen molar-refractivity contribution in [3.63, 3.8) is 0 Å². The van der Waals surface area contributed by atoms with Crippen LogP contribution in [-0.4, -0.2) is 47.6 Å². The lowest BCUT2D eigenvalue weighted by Crippen LogP contribution is -2.37. The minimum Gasteiger partial charge on any atom is -0.465 e. The van der Waals surface area contributed by atoms with Gasteiger partial charge in [0.15, 0.2) is 0 Å². The molecule has 0 bridgehead atoms. The Morgan fingerprint density at radius 1 is 1.00 bits per heavy atom. The van der Waals surface area contributed by atoms with E-state index in [0.29, 0.717) is 51.2 Å². The van der Waals surface area contributed by atoms with Crippen LogP contribution in [0.15, 0.2) is 51.5 Å². The van der Waals surface area contributed by atoms with Gasteiger partial charge in [0.05, 0.1) is 35.4 Å². The second-order valence-electron chi connectivity index (χ2n) is 9.71. The van der Waals surface area contributed by atoms with Gasteiger partial charge in [-0.25, -0.2) is 4.79 Å². The zero-order valence-electron chi connectivity index (χ0n) is 21.2. The van der Waals surface area contributed by atoms with Crippen molar-refractivity contribution in [2.45, 2.75) is 44.3 Å². The first kappa shape index (κ1) is 25.9. The van der Waals surface area contributed by atoms with Gasteiger partial charge < -0.3 is 23.4 Å². The summed E-state index contributed by atoms with van der Waals surface area (Å²) in [4.78, 5) is 18.3. The number of benzene rings is 2. The average Bonchev–Trinajstić information content (AvgIpc) is 3.53. The number of hydrogen-bond donors (Lipinski definition) is 0. The van der Waals surface area contributed by atoms with Gasteiger partial charge in [-0.3, -0.25) is 0 Å². The van der Waals surface area contributed by atoms with Gasteiger partial charge in [0.25, 0.3) is 11.8 Å². The van der Waals surface area contributed by atoms with E-state index in [2.05, 4.69) is 20.2 Å². The molecule has 1 aliphatic heterocycles. The lowest BCUT2D eigenvalue weighted by molar-refractivity contribution is 0.0244. The summed E-state index contributed by atoms with van der Waals surface area (Å²) in [6.07, 6.45) is 3.85. The first-order valence-corrected chi connectivity index (χ1v) is 13.6. The van der Waals surface area contributed by atoms with Crippen molar-refractivity contribution >= 4 is 35.1 Å². The summed E-state index contributed by atoms with van der Waals surface area (Å²) in [5, 5.41) is 9.58. The Hall–Kier alpha value is -3.40. The van der Waals surface area contributed by atoms with E-state index in [9.17, 15) is 4.79 Å². The highest BCUT2D eigenvalue weighted by Gasteiger charge is 2.34. The molecule has 3 heterocycles. The van der Waals surface area contributed by atoms with Gasteiger partial charge in [-0.15, -0.1) is 0 Å². The van der Waals surface area contributed by atoms with Gasteiger partial charge in [-0.2, -0.15) is 4.98 Å². The highest BCUT2D eigenvalue weighted by molar-refractivity contribution is 6.39. The number of carbonyl (C=O) groups is 1. The Labute approximate surface area is 235 Å². The van der Waals surface area contributed by atoms with E-state index < -0.39 is 5.97 Å². The van der Waals surface area contributed by atoms with Crippen molar-refractivity contribution in [3.05, 3.63) is 69.4 Å². The first-order valence-electron chi connectivity index (χ1n) is 12.8. The van der Waals surface area contributed by atoms with E-state index in [4.69, 9.17) is 41.7 Å². The van der Waals surface area contributed by atoms with Crippen LogP contribution in [0.2, 0.25) is 10.0 Å². The fraction of sp³-hybridized carbons (Fsp3) is 0.357. The fourth-order valence-corrected chi connectivity index (χ4v) is 5.38. The number of esters is 1. The Morgan fingerprint density at radius 3 is 2.38 bits per heavy atom. The smallest absolute Gasteiger partial charge is 0.337 e. The molecule has 2 aromatic carbocycles. The normalized spacial score (nSPS) is 16.0. The van der Waals surface area contributed by atoms with E-state index in [0.717, 1.165) is 55.7 Å². The molecule has 9 nitrogen and oxygen atoms in total. The molecule has 2 aliphatic rings. The third-order valence-corrected chi connectivity index (χ3v) is 7.75. The van der Waals surface area contributed by atoms with Crippen LogP contribution in [0.25, 0.3) is 22.7 Å². The molecule has 39 heavy (non-hydrogen) atoms. The molecule has 1 saturated heterocycles. The maximum atomic E-state index is 11.7. The molecule has 202 valence electrons. The molecule has 0 unspecified atom stereocenters. The van der Waals surface area contributed by atoms with Crippen LogP contribution in [0.3, 0.4) is 0 Å². The van der Waals surface area contributed by atoms with Crippen LogP contribution in [0.5, 0.6) is 0 Å². The molecule has 1 saturated carbocycles. The van der Waals surface area contributed by atoms with Crippen molar-refractivity contribution in [1.82, 2.24) is 15.3 Å². The van der Waals surface area contributed by atoms with Crippen LogP contribution in [-0.2, 0) is 16.1 Å². The summed E-state index contributed by atoms with van der Waals surface area (Å²) in [6, 6.07) is 12.3.